The summed E-state index contributed by atoms with van der Waals surface area (Å²) in [6.07, 6.45) is 0.251. The Bertz CT molecular complexity index is 936. The van der Waals surface area contributed by atoms with Crippen LogP contribution in [0.2, 0.25) is 0 Å². The number of ether oxygens (including phenoxy) is 1. The van der Waals surface area contributed by atoms with Gasteiger partial charge in [-0.2, -0.15) is 13.2 Å². The van der Waals surface area contributed by atoms with E-state index in [-0.39, 0.29) is 11.7 Å². The number of anilines is 1. The van der Waals surface area contributed by atoms with Crippen LogP contribution in [0, 0.1) is 11.7 Å². The van der Waals surface area contributed by atoms with Crippen molar-refractivity contribution in [3.05, 3.63) is 29.6 Å². The summed E-state index contributed by atoms with van der Waals surface area (Å²) in [6, 6.07) is 2.15. The van der Waals surface area contributed by atoms with E-state index in [0.717, 1.165) is 57.0 Å². The van der Waals surface area contributed by atoms with Gasteiger partial charge in [0.25, 0.3) is 5.91 Å². The van der Waals surface area contributed by atoms with Gasteiger partial charge in [0.1, 0.15) is 11.9 Å². The molecule has 0 bridgehead atoms. The molecule has 1 aromatic rings. The molecule has 0 aromatic heterocycles. The maximum atomic E-state index is 14.2. The van der Waals surface area contributed by atoms with Crippen molar-refractivity contribution in [3.63, 3.8) is 0 Å². The number of hydrogen-bond acceptors (Lipinski definition) is 6. The fourth-order valence-electron chi connectivity index (χ4n) is 5.49. The van der Waals surface area contributed by atoms with Gasteiger partial charge >= 0.3 is 12.1 Å². The van der Waals surface area contributed by atoms with Crippen molar-refractivity contribution < 1.29 is 31.9 Å². The quantitative estimate of drug-likeness (QED) is 0.430. The van der Waals surface area contributed by atoms with Gasteiger partial charge in [0, 0.05) is 26.2 Å². The minimum atomic E-state index is -4.51. The Kier molecular flexibility index (Phi) is 8.09. The third kappa shape index (κ3) is 6.11. The number of hydrogen-bond donors (Lipinski definition) is 2. The lowest BCUT2D eigenvalue weighted by Gasteiger charge is -2.39. The van der Waals surface area contributed by atoms with Crippen LogP contribution in [-0.2, 0) is 20.5 Å². The number of primary amides is 1. The molecule has 1 atom stereocenters. The third-order valence-corrected chi connectivity index (χ3v) is 7.84. The minimum Gasteiger partial charge on any atom is -0.448 e. The molecule has 2 saturated heterocycles. The van der Waals surface area contributed by atoms with Crippen molar-refractivity contribution in [2.24, 2.45) is 11.7 Å². The fraction of sp³-hybridized carbons (Fsp3) is 0.680. The standard InChI is InChI=1S/C25H34F4N4O3/c26-19-4-3-18(25(27,28)29)16-21(19)33-14-12-32(13-15-33)11-7-17-5-8-24(9-6-17,23(30)35)36-22(34)20-2-1-10-31-20/h3-4,16-17,20,31H,1-2,5-15H2,(H2,30,35). The Hall–Kier alpha value is -2.40. The number of esters is 1. The molecule has 1 saturated carbocycles. The molecule has 36 heavy (non-hydrogen) atoms. The molecule has 1 aliphatic carbocycles. The molecule has 0 spiro atoms. The molecule has 1 amide bonds. The number of alkyl halides is 3. The maximum absolute atomic E-state index is 14.2. The van der Waals surface area contributed by atoms with Gasteiger partial charge in [-0.05, 0) is 82.2 Å². The molecule has 2 heterocycles. The predicted molar refractivity (Wildman–Crippen MR) is 126 cm³/mol. The molecule has 0 radical (unpaired) electrons. The monoisotopic (exact) mass is 514 g/mol. The highest BCUT2D eigenvalue weighted by Crippen LogP contribution is 2.37. The number of nitrogens with one attached hydrogen (secondary N) is 1. The number of rotatable bonds is 7. The second-order valence-corrected chi connectivity index (χ2v) is 10.2. The van der Waals surface area contributed by atoms with Crippen molar-refractivity contribution in [3.8, 4) is 0 Å². The number of carbonyl (C=O) groups excluding carboxylic acids is 2. The number of benzene rings is 1. The van der Waals surface area contributed by atoms with Crippen LogP contribution in [0.4, 0.5) is 23.2 Å². The average molecular weight is 515 g/mol. The van der Waals surface area contributed by atoms with Crippen LogP contribution in [0.1, 0.15) is 50.5 Å². The Morgan fingerprint density at radius 3 is 2.39 bits per heavy atom. The van der Waals surface area contributed by atoms with Crippen molar-refractivity contribution in [1.29, 1.82) is 0 Å². The molecule has 3 aliphatic rings. The summed E-state index contributed by atoms with van der Waals surface area (Å²) in [5, 5.41) is 3.09. The zero-order valence-electron chi connectivity index (χ0n) is 20.3. The van der Waals surface area contributed by atoms with E-state index in [1.807, 2.05) is 0 Å². The zero-order valence-corrected chi connectivity index (χ0v) is 20.3. The highest BCUT2D eigenvalue weighted by atomic mass is 19.4. The van der Waals surface area contributed by atoms with Gasteiger partial charge in [0.15, 0.2) is 5.60 Å². The molecule has 200 valence electrons. The zero-order chi connectivity index (χ0) is 25.9. The second kappa shape index (κ2) is 10.9. The van der Waals surface area contributed by atoms with Crippen molar-refractivity contribution in [2.45, 2.75) is 62.8 Å². The van der Waals surface area contributed by atoms with Crippen molar-refractivity contribution >= 4 is 17.6 Å². The lowest BCUT2D eigenvalue weighted by Crippen LogP contribution is -2.52. The first kappa shape index (κ1) is 26.7. The molecule has 1 aromatic carbocycles. The van der Waals surface area contributed by atoms with Crippen LogP contribution in [0.5, 0.6) is 0 Å². The van der Waals surface area contributed by atoms with E-state index < -0.39 is 35.0 Å². The number of amides is 1. The number of nitrogens with two attached hydrogens (primary N) is 1. The van der Waals surface area contributed by atoms with Crippen LogP contribution >= 0.6 is 0 Å². The first-order valence-electron chi connectivity index (χ1n) is 12.7. The van der Waals surface area contributed by atoms with Gasteiger partial charge in [-0.25, -0.2) is 4.39 Å². The van der Waals surface area contributed by atoms with Gasteiger partial charge in [0.2, 0.25) is 0 Å². The fourth-order valence-corrected chi connectivity index (χ4v) is 5.49. The highest BCUT2D eigenvalue weighted by Gasteiger charge is 2.45. The lowest BCUT2D eigenvalue weighted by molar-refractivity contribution is -0.173. The number of nitrogens with zero attached hydrogens (tertiary/aromatic N) is 2. The second-order valence-electron chi connectivity index (χ2n) is 10.2. The van der Waals surface area contributed by atoms with Crippen LogP contribution in [-0.4, -0.2) is 67.7 Å². The maximum Gasteiger partial charge on any atom is 0.416 e. The van der Waals surface area contributed by atoms with E-state index in [9.17, 15) is 27.2 Å². The van der Waals surface area contributed by atoms with Gasteiger partial charge in [-0.15, -0.1) is 0 Å². The molecular weight excluding hydrogens is 480 g/mol. The topological polar surface area (TPSA) is 87.9 Å². The van der Waals surface area contributed by atoms with Gasteiger partial charge in [-0.1, -0.05) is 0 Å². The van der Waals surface area contributed by atoms with Crippen molar-refractivity contribution in [2.75, 3.05) is 44.2 Å². The first-order valence-corrected chi connectivity index (χ1v) is 12.7. The predicted octanol–water partition coefficient (Wildman–Crippen LogP) is 3.07. The summed E-state index contributed by atoms with van der Waals surface area (Å²) in [4.78, 5) is 28.6. The molecule has 1 unspecified atom stereocenters. The summed E-state index contributed by atoms with van der Waals surface area (Å²) in [7, 11) is 0. The normalized spacial score (nSPS) is 27.7. The van der Waals surface area contributed by atoms with Gasteiger partial charge in [-0.3, -0.25) is 14.5 Å². The van der Waals surface area contributed by atoms with E-state index in [1.54, 1.807) is 4.90 Å². The number of halogens is 4. The smallest absolute Gasteiger partial charge is 0.416 e. The number of carbonyl (C=O) groups is 2. The molecular formula is C25H34F4N4O3. The SMILES string of the molecule is NC(=O)C1(OC(=O)C2CCCN2)CCC(CCN2CCN(c3cc(C(F)(F)F)ccc3F)CC2)CC1. The Balaban J connectivity index is 1.23. The summed E-state index contributed by atoms with van der Waals surface area (Å²) in [5.74, 6) is -1.29. The van der Waals surface area contributed by atoms with E-state index in [0.29, 0.717) is 51.4 Å². The summed E-state index contributed by atoms with van der Waals surface area (Å²) in [6.45, 7) is 3.70. The molecule has 3 N–H and O–H groups in total. The molecule has 7 nitrogen and oxygen atoms in total. The minimum absolute atomic E-state index is 0.0121. The highest BCUT2D eigenvalue weighted by molar-refractivity contribution is 5.87. The van der Waals surface area contributed by atoms with Crippen LogP contribution in [0.3, 0.4) is 0 Å². The average Bonchev–Trinajstić information content (AvgIpc) is 3.39. The molecule has 3 fully saturated rings. The van der Waals surface area contributed by atoms with E-state index in [1.165, 1.54) is 0 Å². The summed E-state index contributed by atoms with van der Waals surface area (Å²) < 4.78 is 59.0. The first-order chi connectivity index (χ1) is 17.1. The Morgan fingerprint density at radius 2 is 1.81 bits per heavy atom. The molecule has 11 heteroatoms. The summed E-state index contributed by atoms with van der Waals surface area (Å²) >= 11 is 0. The Labute approximate surface area is 208 Å². The van der Waals surface area contributed by atoms with E-state index in [4.69, 9.17) is 10.5 Å². The number of piperazine rings is 1. The van der Waals surface area contributed by atoms with Crippen LogP contribution in [0.25, 0.3) is 0 Å². The third-order valence-electron chi connectivity index (χ3n) is 7.84. The summed E-state index contributed by atoms with van der Waals surface area (Å²) in [5.41, 5.74) is 3.55. The largest absolute Gasteiger partial charge is 0.448 e. The molecule has 4 rings (SSSR count). The van der Waals surface area contributed by atoms with Crippen LogP contribution in [0.15, 0.2) is 18.2 Å². The van der Waals surface area contributed by atoms with Gasteiger partial charge < -0.3 is 20.7 Å². The van der Waals surface area contributed by atoms with E-state index in [2.05, 4.69) is 10.2 Å². The van der Waals surface area contributed by atoms with Crippen molar-refractivity contribution in [1.82, 2.24) is 10.2 Å². The van der Waals surface area contributed by atoms with Crippen LogP contribution < -0.4 is 16.0 Å². The lowest BCUT2D eigenvalue weighted by atomic mass is 9.77. The Morgan fingerprint density at radius 1 is 1.11 bits per heavy atom. The molecule has 2 aliphatic heterocycles. The van der Waals surface area contributed by atoms with Gasteiger partial charge in [0.05, 0.1) is 11.3 Å². The van der Waals surface area contributed by atoms with E-state index >= 15 is 0 Å².